The van der Waals surface area contributed by atoms with E-state index in [9.17, 15) is 13.2 Å². The van der Waals surface area contributed by atoms with Gasteiger partial charge in [0.05, 0.1) is 6.20 Å². The second kappa shape index (κ2) is 4.52. The highest BCUT2D eigenvalue weighted by molar-refractivity contribution is 7.91. The molecule has 17 heavy (non-hydrogen) atoms. The third-order valence-electron chi connectivity index (χ3n) is 2.55. The van der Waals surface area contributed by atoms with Crippen LogP contribution in [0.4, 0.5) is 0 Å². The van der Waals surface area contributed by atoms with Crippen molar-refractivity contribution in [1.82, 2.24) is 9.29 Å². The number of carbonyl (C=O) groups is 1. The van der Waals surface area contributed by atoms with E-state index in [4.69, 9.17) is 17.3 Å². The van der Waals surface area contributed by atoms with Gasteiger partial charge in [-0.05, 0) is 12.8 Å². The van der Waals surface area contributed by atoms with Crippen LogP contribution in [0.25, 0.3) is 0 Å². The fourth-order valence-electron chi connectivity index (χ4n) is 1.79. The van der Waals surface area contributed by atoms with Gasteiger partial charge in [-0.25, -0.2) is 13.4 Å². The molecule has 0 aromatic carbocycles. The van der Waals surface area contributed by atoms with Gasteiger partial charge in [-0.15, -0.1) is 0 Å². The molecule has 1 fully saturated rings. The third-order valence-corrected chi connectivity index (χ3v) is 6.01. The number of carbonyl (C=O) groups excluding carboxylic acids is 1. The second-order valence-electron chi connectivity index (χ2n) is 3.61. The summed E-state index contributed by atoms with van der Waals surface area (Å²) in [5.74, 6) is -0.623. The topological polar surface area (TPSA) is 93.4 Å². The van der Waals surface area contributed by atoms with Gasteiger partial charge in [0, 0.05) is 6.54 Å². The minimum absolute atomic E-state index is 0.0376. The second-order valence-corrected chi connectivity index (χ2v) is 7.34. The molecule has 1 aliphatic heterocycles. The minimum atomic E-state index is -3.71. The van der Waals surface area contributed by atoms with Crippen molar-refractivity contribution in [3.63, 3.8) is 0 Å². The Kier molecular flexibility index (Phi) is 3.39. The molecular weight excluding hydrogens is 286 g/mol. The molecule has 1 aliphatic rings. The van der Waals surface area contributed by atoms with Crippen LogP contribution in [0.3, 0.4) is 0 Å². The maximum Gasteiger partial charge on any atom is 0.254 e. The van der Waals surface area contributed by atoms with Crippen molar-refractivity contribution in [2.75, 3.05) is 6.54 Å². The molecule has 6 nitrogen and oxygen atoms in total. The number of amides is 1. The van der Waals surface area contributed by atoms with Crippen molar-refractivity contribution in [2.45, 2.75) is 23.1 Å². The first-order valence-electron chi connectivity index (χ1n) is 4.85. The zero-order valence-corrected chi connectivity index (χ0v) is 11.1. The Morgan fingerprint density at radius 2 is 2.35 bits per heavy atom. The molecule has 1 unspecified atom stereocenters. The van der Waals surface area contributed by atoms with Gasteiger partial charge in [-0.1, -0.05) is 22.9 Å². The highest BCUT2D eigenvalue weighted by atomic mass is 35.5. The van der Waals surface area contributed by atoms with Gasteiger partial charge in [0.1, 0.15) is 6.04 Å². The summed E-state index contributed by atoms with van der Waals surface area (Å²) in [6.45, 7) is 0.297. The first-order chi connectivity index (χ1) is 7.93. The maximum atomic E-state index is 12.2. The molecule has 0 bridgehead atoms. The predicted molar refractivity (Wildman–Crippen MR) is 63.2 cm³/mol. The monoisotopic (exact) mass is 295 g/mol. The number of sulfonamides is 1. The number of nitrogens with two attached hydrogens (primary N) is 1. The van der Waals surface area contributed by atoms with Crippen molar-refractivity contribution < 1.29 is 13.2 Å². The molecule has 1 atom stereocenters. The molecule has 0 radical (unpaired) electrons. The van der Waals surface area contributed by atoms with Crippen LogP contribution in [-0.4, -0.2) is 36.2 Å². The number of nitrogens with zero attached hydrogens (tertiary/aromatic N) is 2. The standard InChI is InChI=1S/C8H10ClN3O3S2/c9-8-11-4-6(16-8)17(14,15)12-3-1-2-5(12)7(10)13/h4-5H,1-3H2,(H2,10,13). The van der Waals surface area contributed by atoms with E-state index in [1.54, 1.807) is 0 Å². The average Bonchev–Trinajstić information content (AvgIpc) is 2.84. The van der Waals surface area contributed by atoms with Crippen LogP contribution in [0.5, 0.6) is 0 Å². The summed E-state index contributed by atoms with van der Waals surface area (Å²) in [7, 11) is -3.71. The quantitative estimate of drug-likeness (QED) is 0.875. The average molecular weight is 296 g/mol. The Bertz CT molecular complexity index is 542. The number of aromatic nitrogens is 1. The van der Waals surface area contributed by atoms with Gasteiger partial charge in [0.25, 0.3) is 10.0 Å². The highest BCUT2D eigenvalue weighted by Crippen LogP contribution is 2.30. The zero-order chi connectivity index (χ0) is 12.6. The van der Waals surface area contributed by atoms with E-state index in [2.05, 4.69) is 4.98 Å². The predicted octanol–water partition coefficient (Wildman–Crippen LogP) is 0.435. The molecule has 0 saturated carbocycles. The summed E-state index contributed by atoms with van der Waals surface area (Å²) in [5.41, 5.74) is 5.18. The first-order valence-corrected chi connectivity index (χ1v) is 7.49. The van der Waals surface area contributed by atoms with Crippen molar-refractivity contribution in [3.8, 4) is 0 Å². The lowest BCUT2D eigenvalue weighted by Gasteiger charge is -2.20. The van der Waals surface area contributed by atoms with Crippen molar-refractivity contribution in [2.24, 2.45) is 5.73 Å². The number of hydrogen-bond acceptors (Lipinski definition) is 5. The van der Waals surface area contributed by atoms with Gasteiger partial charge in [-0.2, -0.15) is 4.31 Å². The fraction of sp³-hybridized carbons (Fsp3) is 0.500. The molecule has 0 aliphatic carbocycles. The van der Waals surface area contributed by atoms with Crippen molar-refractivity contribution in [3.05, 3.63) is 10.7 Å². The Labute approximate surface area is 107 Å². The maximum absolute atomic E-state index is 12.2. The Morgan fingerprint density at radius 1 is 1.65 bits per heavy atom. The zero-order valence-electron chi connectivity index (χ0n) is 8.67. The molecule has 1 aromatic rings. The van der Waals surface area contributed by atoms with Gasteiger partial charge in [0.2, 0.25) is 5.91 Å². The van der Waals surface area contributed by atoms with Crippen LogP contribution < -0.4 is 5.73 Å². The summed E-state index contributed by atoms with van der Waals surface area (Å²) in [6, 6.07) is -0.763. The summed E-state index contributed by atoms with van der Waals surface area (Å²) >= 11 is 6.47. The number of hydrogen-bond donors (Lipinski definition) is 1. The number of primary amides is 1. The van der Waals surface area contributed by atoms with E-state index < -0.39 is 22.0 Å². The van der Waals surface area contributed by atoms with Gasteiger partial charge in [-0.3, -0.25) is 4.79 Å². The number of halogens is 1. The van der Waals surface area contributed by atoms with Gasteiger partial charge >= 0.3 is 0 Å². The minimum Gasteiger partial charge on any atom is -0.368 e. The van der Waals surface area contributed by atoms with E-state index in [1.165, 1.54) is 6.20 Å². The van der Waals surface area contributed by atoms with Crippen LogP contribution in [0, 0.1) is 0 Å². The first kappa shape index (κ1) is 12.7. The van der Waals surface area contributed by atoms with Crippen molar-refractivity contribution >= 4 is 38.9 Å². The largest absolute Gasteiger partial charge is 0.368 e. The van der Waals surface area contributed by atoms with E-state index in [0.717, 1.165) is 15.6 Å². The van der Waals surface area contributed by atoms with Crippen molar-refractivity contribution in [1.29, 1.82) is 0 Å². The lowest BCUT2D eigenvalue weighted by molar-refractivity contribution is -0.121. The van der Waals surface area contributed by atoms with E-state index in [-0.39, 0.29) is 8.68 Å². The van der Waals surface area contributed by atoms with Crippen LogP contribution in [-0.2, 0) is 14.8 Å². The molecular formula is C8H10ClN3O3S2. The molecule has 94 valence electrons. The molecule has 1 saturated heterocycles. The highest BCUT2D eigenvalue weighted by Gasteiger charge is 2.39. The number of rotatable bonds is 3. The molecule has 1 aromatic heterocycles. The van der Waals surface area contributed by atoms with Crippen LogP contribution in [0.2, 0.25) is 4.47 Å². The Morgan fingerprint density at radius 3 is 2.88 bits per heavy atom. The van der Waals surface area contributed by atoms with E-state index in [0.29, 0.717) is 19.4 Å². The molecule has 2 N–H and O–H groups in total. The lowest BCUT2D eigenvalue weighted by Crippen LogP contribution is -2.43. The molecule has 2 rings (SSSR count). The normalized spacial score (nSPS) is 21.8. The summed E-state index contributed by atoms with van der Waals surface area (Å²) in [5, 5.41) is 0. The molecule has 1 amide bonds. The summed E-state index contributed by atoms with van der Waals surface area (Å²) < 4.78 is 25.7. The van der Waals surface area contributed by atoms with Crippen LogP contribution >= 0.6 is 22.9 Å². The van der Waals surface area contributed by atoms with E-state index >= 15 is 0 Å². The van der Waals surface area contributed by atoms with E-state index in [1.807, 2.05) is 0 Å². The lowest BCUT2D eigenvalue weighted by atomic mass is 10.2. The Hall–Kier alpha value is -0.700. The van der Waals surface area contributed by atoms with Crippen LogP contribution in [0.1, 0.15) is 12.8 Å². The molecule has 0 spiro atoms. The molecule has 9 heteroatoms. The Balaban J connectivity index is 2.36. The smallest absolute Gasteiger partial charge is 0.254 e. The van der Waals surface area contributed by atoms with Gasteiger partial charge in [0.15, 0.2) is 8.68 Å². The SMILES string of the molecule is NC(=O)C1CCCN1S(=O)(=O)c1cnc(Cl)s1. The summed E-state index contributed by atoms with van der Waals surface area (Å²) in [4.78, 5) is 14.9. The molecule has 2 heterocycles. The van der Waals surface area contributed by atoms with Gasteiger partial charge < -0.3 is 5.73 Å². The fourth-order valence-corrected chi connectivity index (χ4v) is 4.87. The summed E-state index contributed by atoms with van der Waals surface area (Å²) in [6.07, 6.45) is 2.28. The number of thiazole rings is 1. The van der Waals surface area contributed by atoms with Crippen LogP contribution in [0.15, 0.2) is 10.4 Å². The third kappa shape index (κ3) is 2.30.